The van der Waals surface area contributed by atoms with Gasteiger partial charge in [-0.1, -0.05) is 77.2 Å². The van der Waals surface area contributed by atoms with E-state index in [2.05, 4.69) is 60.8 Å². The van der Waals surface area contributed by atoms with Gasteiger partial charge in [-0.3, -0.25) is 9.69 Å². The average Bonchev–Trinajstić information content (AvgIpc) is 2.91. The lowest BCUT2D eigenvalue weighted by Crippen LogP contribution is -2.42. The standard InChI is InChI=1S/C32H53N3O/c1-6-9-10-12-15-29(5)31-17-16-30(27-36)25-32(31)35(26-28(4)8-3)24-23-33(18-7-2)21-22-34-19-13-11-14-20-34/h7-8,16-17,25,27-29H,2-3,6,9-15,18-24,26H2,1,4-5H3. The maximum absolute atomic E-state index is 11.7. The molecule has 0 aromatic heterocycles. The first-order chi connectivity index (χ1) is 17.5. The first kappa shape index (κ1) is 30.3. The topological polar surface area (TPSA) is 26.8 Å². The third-order valence-electron chi connectivity index (χ3n) is 7.72. The molecule has 2 rings (SSSR count). The van der Waals surface area contributed by atoms with Gasteiger partial charge in [0.1, 0.15) is 6.29 Å². The van der Waals surface area contributed by atoms with Crippen LogP contribution in [0.2, 0.25) is 0 Å². The predicted molar refractivity (Wildman–Crippen MR) is 158 cm³/mol. The van der Waals surface area contributed by atoms with Crippen LogP contribution in [-0.2, 0) is 0 Å². The Morgan fingerprint density at radius 1 is 1.03 bits per heavy atom. The van der Waals surface area contributed by atoms with E-state index in [0.29, 0.717) is 11.8 Å². The van der Waals surface area contributed by atoms with Gasteiger partial charge in [-0.25, -0.2) is 0 Å². The summed E-state index contributed by atoms with van der Waals surface area (Å²) in [5, 5.41) is 0. The summed E-state index contributed by atoms with van der Waals surface area (Å²) in [6.45, 7) is 23.4. The van der Waals surface area contributed by atoms with Crippen molar-refractivity contribution in [3.63, 3.8) is 0 Å². The van der Waals surface area contributed by atoms with E-state index < -0.39 is 0 Å². The Balaban J connectivity index is 2.18. The molecular formula is C32H53N3O. The van der Waals surface area contributed by atoms with Crippen molar-refractivity contribution in [3.8, 4) is 0 Å². The zero-order valence-electron chi connectivity index (χ0n) is 23.6. The summed E-state index contributed by atoms with van der Waals surface area (Å²) in [5.74, 6) is 0.848. The molecule has 1 aromatic rings. The molecule has 0 amide bonds. The van der Waals surface area contributed by atoms with E-state index in [1.54, 1.807) is 0 Å². The molecule has 1 aromatic carbocycles. The molecule has 2 atom stereocenters. The average molecular weight is 496 g/mol. The van der Waals surface area contributed by atoms with Crippen LogP contribution in [-0.4, -0.2) is 68.4 Å². The number of carbonyl (C=O) groups excluding carboxylic acids is 1. The molecule has 36 heavy (non-hydrogen) atoms. The van der Waals surface area contributed by atoms with E-state index in [1.165, 1.54) is 75.7 Å². The summed E-state index contributed by atoms with van der Waals surface area (Å²) in [6.07, 6.45) is 15.4. The van der Waals surface area contributed by atoms with Crippen LogP contribution in [0.5, 0.6) is 0 Å². The predicted octanol–water partition coefficient (Wildman–Crippen LogP) is 7.18. The number of carbonyl (C=O) groups is 1. The van der Waals surface area contributed by atoms with E-state index in [4.69, 9.17) is 0 Å². The quantitative estimate of drug-likeness (QED) is 0.115. The number of hydrogen-bond acceptors (Lipinski definition) is 4. The van der Waals surface area contributed by atoms with Crippen LogP contribution in [0.3, 0.4) is 0 Å². The summed E-state index contributed by atoms with van der Waals surface area (Å²) < 4.78 is 0. The van der Waals surface area contributed by atoms with Crippen LogP contribution in [0, 0.1) is 5.92 Å². The molecule has 1 aliphatic heterocycles. The minimum absolute atomic E-state index is 0.374. The van der Waals surface area contributed by atoms with Crippen LogP contribution in [0.1, 0.15) is 94.0 Å². The number of piperidine rings is 1. The van der Waals surface area contributed by atoms with Crippen molar-refractivity contribution < 1.29 is 4.79 Å². The highest BCUT2D eigenvalue weighted by atomic mass is 16.1. The number of aldehydes is 1. The largest absolute Gasteiger partial charge is 0.369 e. The molecule has 0 saturated carbocycles. The zero-order valence-corrected chi connectivity index (χ0v) is 23.6. The number of nitrogens with zero attached hydrogens (tertiary/aromatic N) is 3. The number of rotatable bonds is 19. The van der Waals surface area contributed by atoms with E-state index in [-0.39, 0.29) is 0 Å². The molecule has 1 aliphatic rings. The summed E-state index contributed by atoms with van der Waals surface area (Å²) in [4.78, 5) is 19.4. The molecule has 1 saturated heterocycles. The first-order valence-electron chi connectivity index (χ1n) is 14.5. The summed E-state index contributed by atoms with van der Waals surface area (Å²) in [6, 6.07) is 6.31. The van der Waals surface area contributed by atoms with Gasteiger partial charge in [0, 0.05) is 50.5 Å². The fraction of sp³-hybridized carbons (Fsp3) is 0.656. The molecule has 1 heterocycles. The molecule has 0 aliphatic carbocycles. The minimum Gasteiger partial charge on any atom is -0.369 e. The third-order valence-corrected chi connectivity index (χ3v) is 7.72. The number of benzene rings is 1. The second-order valence-electron chi connectivity index (χ2n) is 10.8. The SMILES string of the molecule is C=CCN(CCN1CCCCC1)CCN(CC(C)C=C)c1cc(C=O)ccc1C(C)CCCCCC. The lowest BCUT2D eigenvalue weighted by atomic mass is 9.91. The van der Waals surface area contributed by atoms with Crippen molar-refractivity contribution in [2.45, 2.75) is 78.1 Å². The van der Waals surface area contributed by atoms with Crippen molar-refractivity contribution in [1.82, 2.24) is 9.80 Å². The third kappa shape index (κ3) is 10.6. The van der Waals surface area contributed by atoms with Crippen LogP contribution in [0.25, 0.3) is 0 Å². The van der Waals surface area contributed by atoms with Gasteiger partial charge >= 0.3 is 0 Å². The van der Waals surface area contributed by atoms with Crippen molar-refractivity contribution in [1.29, 1.82) is 0 Å². The van der Waals surface area contributed by atoms with E-state index in [0.717, 1.165) is 51.1 Å². The van der Waals surface area contributed by atoms with Gasteiger partial charge in [-0.15, -0.1) is 13.2 Å². The normalized spacial score (nSPS) is 16.0. The lowest BCUT2D eigenvalue weighted by Gasteiger charge is -2.34. The number of hydrogen-bond donors (Lipinski definition) is 0. The van der Waals surface area contributed by atoms with Crippen molar-refractivity contribution in [2.75, 3.05) is 57.3 Å². The highest BCUT2D eigenvalue weighted by molar-refractivity contribution is 5.78. The minimum atomic E-state index is 0.374. The molecule has 0 spiro atoms. The Morgan fingerprint density at radius 2 is 1.81 bits per heavy atom. The maximum atomic E-state index is 11.7. The van der Waals surface area contributed by atoms with Gasteiger partial charge in [0.05, 0.1) is 0 Å². The Morgan fingerprint density at radius 3 is 2.47 bits per heavy atom. The molecule has 0 radical (unpaired) electrons. The molecule has 1 fully saturated rings. The highest BCUT2D eigenvalue weighted by Crippen LogP contribution is 2.32. The van der Waals surface area contributed by atoms with Gasteiger partial charge in [0.2, 0.25) is 0 Å². The second-order valence-corrected chi connectivity index (χ2v) is 10.8. The van der Waals surface area contributed by atoms with Crippen molar-refractivity contribution in [2.24, 2.45) is 5.92 Å². The molecule has 0 N–H and O–H groups in total. The number of unbranched alkanes of at least 4 members (excludes halogenated alkanes) is 3. The fourth-order valence-corrected chi connectivity index (χ4v) is 5.29. The van der Waals surface area contributed by atoms with Gasteiger partial charge in [0.25, 0.3) is 0 Å². The monoisotopic (exact) mass is 495 g/mol. The zero-order chi connectivity index (χ0) is 26.2. The van der Waals surface area contributed by atoms with Crippen molar-refractivity contribution >= 4 is 12.0 Å². The fourth-order valence-electron chi connectivity index (χ4n) is 5.29. The highest BCUT2D eigenvalue weighted by Gasteiger charge is 2.19. The van der Waals surface area contributed by atoms with E-state index in [1.807, 2.05) is 18.2 Å². The van der Waals surface area contributed by atoms with Gasteiger partial charge in [-0.2, -0.15) is 0 Å². The van der Waals surface area contributed by atoms with Crippen LogP contribution in [0.15, 0.2) is 43.5 Å². The molecule has 0 bridgehead atoms. The molecule has 2 unspecified atom stereocenters. The van der Waals surface area contributed by atoms with Gasteiger partial charge in [0.15, 0.2) is 0 Å². The summed E-state index contributed by atoms with van der Waals surface area (Å²) in [7, 11) is 0. The van der Waals surface area contributed by atoms with E-state index >= 15 is 0 Å². The molecule has 4 heteroatoms. The molecule has 4 nitrogen and oxygen atoms in total. The molecule has 202 valence electrons. The van der Waals surface area contributed by atoms with Gasteiger partial charge < -0.3 is 9.80 Å². The summed E-state index contributed by atoms with van der Waals surface area (Å²) in [5.41, 5.74) is 3.36. The first-order valence-corrected chi connectivity index (χ1v) is 14.5. The van der Waals surface area contributed by atoms with Crippen LogP contribution >= 0.6 is 0 Å². The summed E-state index contributed by atoms with van der Waals surface area (Å²) >= 11 is 0. The lowest BCUT2D eigenvalue weighted by molar-refractivity contribution is 0.112. The van der Waals surface area contributed by atoms with Crippen LogP contribution in [0.4, 0.5) is 5.69 Å². The Kier molecular flexibility index (Phi) is 14.8. The second kappa shape index (κ2) is 17.5. The van der Waals surface area contributed by atoms with Crippen molar-refractivity contribution in [3.05, 3.63) is 54.6 Å². The Labute approximate surface area is 222 Å². The van der Waals surface area contributed by atoms with Gasteiger partial charge in [-0.05, 0) is 55.8 Å². The Bertz CT molecular complexity index is 771. The molecular weight excluding hydrogens is 442 g/mol. The number of likely N-dealkylation sites (tertiary alicyclic amines) is 1. The Hall–Kier alpha value is -1.91. The van der Waals surface area contributed by atoms with Crippen LogP contribution < -0.4 is 4.90 Å². The maximum Gasteiger partial charge on any atom is 0.150 e. The smallest absolute Gasteiger partial charge is 0.150 e. The van der Waals surface area contributed by atoms with E-state index in [9.17, 15) is 4.79 Å². The number of anilines is 1.